The van der Waals surface area contributed by atoms with Crippen LogP contribution in [0.15, 0.2) is 121 Å². The lowest BCUT2D eigenvalue weighted by Gasteiger charge is -2.08. The molecule has 0 heterocycles. The van der Waals surface area contributed by atoms with Gasteiger partial charge in [0.1, 0.15) is 18.1 Å². The summed E-state index contributed by atoms with van der Waals surface area (Å²) in [5, 5.41) is 54.3. The highest BCUT2D eigenvalue weighted by atomic mass is 16.9. The lowest BCUT2D eigenvalue weighted by atomic mass is 10.1. The van der Waals surface area contributed by atoms with Crippen LogP contribution in [-0.4, -0.2) is 58.2 Å². The van der Waals surface area contributed by atoms with E-state index in [0.29, 0.717) is 25.7 Å². The Bertz CT molecular complexity index is 1370. The number of benzene rings is 4. The average molecular weight is 724 g/mol. The number of aliphatic carboxylic acids is 4. The van der Waals surface area contributed by atoms with Crippen molar-refractivity contribution in [3.63, 3.8) is 0 Å². The Morgan fingerprint density at radius 2 is 0.635 bits per heavy atom. The number of carbonyl (C=O) groups excluding carboxylic acids is 3. The minimum atomic E-state index is -1.75. The molecule has 16 heteroatoms. The molecule has 4 aromatic rings. The predicted molar refractivity (Wildman–Crippen MR) is 180 cm³/mol. The monoisotopic (exact) mass is 723 g/mol. The van der Waals surface area contributed by atoms with Crippen LogP contribution in [0.2, 0.25) is 0 Å². The maximum Gasteiger partial charge on any atom is 0.362 e. The Morgan fingerprint density at radius 3 is 0.788 bits per heavy atom. The third-order valence-corrected chi connectivity index (χ3v) is 6.65. The van der Waals surface area contributed by atoms with E-state index in [-0.39, 0.29) is 0 Å². The Kier molecular flexibility index (Phi) is 23.5. The van der Waals surface area contributed by atoms with Crippen LogP contribution in [-0.2, 0) is 44.9 Å². The number of carboxylic acids is 4. The Morgan fingerprint density at radius 1 is 0.462 bits per heavy atom. The molecule has 0 radical (unpaired) electrons. The van der Waals surface area contributed by atoms with E-state index in [4.69, 9.17) is 20.4 Å². The molecule has 0 fully saturated rings. The quantitative estimate of drug-likeness (QED) is 0.0684. The highest BCUT2D eigenvalue weighted by Gasteiger charge is 2.15. The lowest BCUT2D eigenvalue weighted by Crippen LogP contribution is -2.69. The van der Waals surface area contributed by atoms with Crippen molar-refractivity contribution >= 4 is 23.9 Å². The second-order valence-corrected chi connectivity index (χ2v) is 11.1. The van der Waals surface area contributed by atoms with Gasteiger partial charge in [0, 0.05) is 25.7 Å². The molecular weight excluding hydrogens is 678 g/mol. The third-order valence-electron chi connectivity index (χ3n) is 6.65. The number of rotatable bonds is 12. The summed E-state index contributed by atoms with van der Waals surface area (Å²) in [6.45, 7) is 0. The van der Waals surface area contributed by atoms with E-state index in [0.717, 1.165) is 22.3 Å². The summed E-state index contributed by atoms with van der Waals surface area (Å²) in [6.07, 6.45) is 1.80. The molecule has 0 aliphatic heterocycles. The molecule has 280 valence electrons. The van der Waals surface area contributed by atoms with E-state index in [2.05, 4.69) is 22.9 Å². The van der Waals surface area contributed by atoms with Crippen LogP contribution in [0, 0.1) is 15.3 Å². The van der Waals surface area contributed by atoms with Gasteiger partial charge in [-0.25, -0.2) is 4.79 Å². The van der Waals surface area contributed by atoms with Crippen molar-refractivity contribution in [2.24, 2.45) is 0 Å². The van der Waals surface area contributed by atoms with Gasteiger partial charge in [-0.05, 0) is 22.3 Å². The van der Waals surface area contributed by atoms with Gasteiger partial charge in [-0.1, -0.05) is 121 Å². The summed E-state index contributed by atoms with van der Waals surface area (Å²) >= 11 is 0. The number of hydrogen-bond acceptors (Lipinski definition) is 10. The molecule has 0 saturated heterocycles. The fourth-order valence-electron chi connectivity index (χ4n) is 3.93. The number of nitrogens with zero attached hydrogens (tertiary/aromatic N) is 1. The first-order valence-corrected chi connectivity index (χ1v) is 15.7. The fourth-order valence-corrected chi connectivity index (χ4v) is 3.93. The zero-order chi connectivity index (χ0) is 39.5. The Hall–Kier alpha value is -6.20. The maximum atomic E-state index is 10.4. The van der Waals surface area contributed by atoms with E-state index in [1.807, 2.05) is 121 Å². The second kappa shape index (κ2) is 26.6. The molecule has 52 heavy (non-hydrogen) atoms. The minimum absolute atomic E-state index is 0.434. The highest BCUT2D eigenvalue weighted by molar-refractivity contribution is 5.72. The second-order valence-electron chi connectivity index (χ2n) is 11.1. The SMILES string of the molecule is O=[N+]([O-])[O-].[NH3+][C@@H](Cc1ccccc1)C(=O)O.[NH3+][C@@H](Cc1ccccc1)C(=O)[O-].[NH3+][C@@H](Cc1ccccc1)C(=O)[O-].[NH3+][C@@H](Cc1ccccc1)C(=O)[O-]. The molecule has 13 N–H and O–H groups in total. The number of carboxylic acid groups (broad SMARTS) is 4. The van der Waals surface area contributed by atoms with Gasteiger partial charge in [0.25, 0.3) is 0 Å². The van der Waals surface area contributed by atoms with Gasteiger partial charge in [0.15, 0.2) is 6.04 Å². The lowest BCUT2D eigenvalue weighted by molar-refractivity contribution is -0.437. The Labute approximate surface area is 300 Å². The topological polar surface area (TPSA) is 334 Å². The molecule has 0 amide bonds. The van der Waals surface area contributed by atoms with Crippen molar-refractivity contribution in [2.75, 3.05) is 0 Å². The normalized spacial score (nSPS) is 11.9. The van der Waals surface area contributed by atoms with Crippen molar-refractivity contribution in [1.82, 2.24) is 0 Å². The standard InChI is InChI=1S/4C9H11NO2.NO3/c4*10-8(9(11)12)6-7-4-2-1-3-5-7;2-1(3)4/h4*1-5,8H,6,10H2,(H,11,12);/q;;;;-1/p+1/t4*8-;/m0000./s1. The zero-order valence-electron chi connectivity index (χ0n) is 28.5. The Balaban J connectivity index is 0.000000644. The number of carbonyl (C=O) groups is 4. The molecule has 4 atom stereocenters. The van der Waals surface area contributed by atoms with Crippen LogP contribution in [0.4, 0.5) is 0 Å². The van der Waals surface area contributed by atoms with Crippen LogP contribution in [0.3, 0.4) is 0 Å². The first kappa shape index (κ1) is 45.8. The van der Waals surface area contributed by atoms with Gasteiger partial charge in [0.2, 0.25) is 0 Å². The molecule has 0 bridgehead atoms. The molecule has 0 spiro atoms. The van der Waals surface area contributed by atoms with Gasteiger partial charge < -0.3 is 73.1 Å². The fraction of sp³-hybridized carbons (Fsp3) is 0.222. The average Bonchev–Trinajstić information content (AvgIpc) is 3.10. The molecule has 0 unspecified atom stereocenters. The van der Waals surface area contributed by atoms with E-state index in [1.54, 1.807) is 0 Å². The van der Waals surface area contributed by atoms with Gasteiger partial charge in [-0.3, -0.25) is 0 Å². The van der Waals surface area contributed by atoms with E-state index in [1.165, 1.54) is 0 Å². The first-order chi connectivity index (χ1) is 24.5. The summed E-state index contributed by atoms with van der Waals surface area (Å²) in [7, 11) is 0. The summed E-state index contributed by atoms with van der Waals surface area (Å²) in [6, 6.07) is 35.1. The first-order valence-electron chi connectivity index (χ1n) is 15.7. The van der Waals surface area contributed by atoms with E-state index in [9.17, 15) is 34.5 Å². The van der Waals surface area contributed by atoms with Crippen molar-refractivity contribution in [1.29, 1.82) is 0 Å². The third kappa shape index (κ3) is 24.0. The van der Waals surface area contributed by atoms with Crippen LogP contribution < -0.4 is 38.3 Å². The molecule has 4 aromatic carbocycles. The van der Waals surface area contributed by atoms with Crippen LogP contribution in [0.25, 0.3) is 0 Å². The summed E-state index contributed by atoms with van der Waals surface area (Å²) in [4.78, 5) is 49.7. The molecule has 4 rings (SSSR count). The molecule has 0 saturated carbocycles. The zero-order valence-corrected chi connectivity index (χ0v) is 28.5. The number of hydrogen-bond donors (Lipinski definition) is 5. The summed E-state index contributed by atoms with van der Waals surface area (Å²) in [5.74, 6) is -4.14. The summed E-state index contributed by atoms with van der Waals surface area (Å²) in [5.41, 5.74) is 17.9. The largest absolute Gasteiger partial charge is 0.544 e. The van der Waals surface area contributed by atoms with Crippen molar-refractivity contribution in [3.8, 4) is 0 Å². The predicted octanol–water partition coefficient (Wildman–Crippen LogP) is -4.55. The van der Waals surface area contributed by atoms with Gasteiger partial charge in [0.05, 0.1) is 23.0 Å². The molecule has 0 aromatic heterocycles. The minimum Gasteiger partial charge on any atom is -0.544 e. The van der Waals surface area contributed by atoms with E-state index < -0.39 is 53.1 Å². The van der Waals surface area contributed by atoms with Crippen LogP contribution in [0.1, 0.15) is 22.3 Å². The van der Waals surface area contributed by atoms with Crippen molar-refractivity contribution < 1.29 is 67.6 Å². The molecule has 0 aliphatic carbocycles. The van der Waals surface area contributed by atoms with Crippen LogP contribution >= 0.6 is 0 Å². The van der Waals surface area contributed by atoms with Crippen LogP contribution in [0.5, 0.6) is 0 Å². The van der Waals surface area contributed by atoms with Gasteiger partial charge in [-0.15, -0.1) is 0 Å². The maximum absolute atomic E-state index is 10.4. The molecule has 16 nitrogen and oxygen atoms in total. The van der Waals surface area contributed by atoms with Gasteiger partial charge >= 0.3 is 5.97 Å². The molecular formula is C36H45N5O11. The highest BCUT2D eigenvalue weighted by Crippen LogP contribution is 2.02. The van der Waals surface area contributed by atoms with Crippen molar-refractivity contribution in [2.45, 2.75) is 49.9 Å². The smallest absolute Gasteiger partial charge is 0.362 e. The summed E-state index contributed by atoms with van der Waals surface area (Å²) < 4.78 is 0. The van der Waals surface area contributed by atoms with E-state index >= 15 is 0 Å². The molecule has 0 aliphatic rings. The van der Waals surface area contributed by atoms with Gasteiger partial charge in [-0.2, -0.15) is 0 Å². The van der Waals surface area contributed by atoms with Crippen molar-refractivity contribution in [3.05, 3.63) is 159 Å². The number of quaternary nitrogens is 4.